The molecule has 27 heavy (non-hydrogen) atoms. The van der Waals surface area contributed by atoms with E-state index in [1.54, 1.807) is 6.92 Å². The number of likely N-dealkylation sites (tertiary alicyclic amines) is 1. The molecule has 0 radical (unpaired) electrons. The van der Waals surface area contributed by atoms with Gasteiger partial charge in [0.2, 0.25) is 12.3 Å². The summed E-state index contributed by atoms with van der Waals surface area (Å²) in [4.78, 5) is 31.1. The van der Waals surface area contributed by atoms with Crippen molar-refractivity contribution in [3.05, 3.63) is 48.2 Å². The van der Waals surface area contributed by atoms with Crippen LogP contribution >= 0.6 is 0 Å². The molecule has 0 N–H and O–H groups in total. The van der Waals surface area contributed by atoms with Crippen molar-refractivity contribution in [3.8, 4) is 0 Å². The molecule has 1 aromatic carbocycles. The van der Waals surface area contributed by atoms with Crippen molar-refractivity contribution in [2.75, 3.05) is 13.1 Å². The van der Waals surface area contributed by atoms with Gasteiger partial charge in [0.15, 0.2) is 11.6 Å². The summed E-state index contributed by atoms with van der Waals surface area (Å²) in [5, 5.41) is 4.81. The second-order valence-electron chi connectivity index (χ2n) is 7.09. The van der Waals surface area contributed by atoms with E-state index in [1.807, 2.05) is 46.9 Å². The van der Waals surface area contributed by atoms with E-state index in [1.165, 1.54) is 6.39 Å². The van der Waals surface area contributed by atoms with Crippen molar-refractivity contribution < 1.29 is 14.1 Å². The predicted molar refractivity (Wildman–Crippen MR) is 99.5 cm³/mol. The number of piperidine rings is 1. The van der Waals surface area contributed by atoms with Crippen LogP contribution in [0.3, 0.4) is 0 Å². The zero-order chi connectivity index (χ0) is 19.0. The van der Waals surface area contributed by atoms with Gasteiger partial charge < -0.3 is 14.0 Å². The van der Waals surface area contributed by atoms with Gasteiger partial charge in [-0.05, 0) is 32.8 Å². The molecule has 3 heterocycles. The number of carbonyl (C=O) groups is 2. The minimum atomic E-state index is -0.371. The van der Waals surface area contributed by atoms with Gasteiger partial charge in [0.1, 0.15) is 6.04 Å². The van der Waals surface area contributed by atoms with Crippen LogP contribution in [0, 0.1) is 0 Å². The standard InChI is InChI=1S/C20H22N4O3/c1-13(24-11-17(14(2)25)16-5-3-4-6-18(16)24)20(26)23-9-7-15(8-10-23)19-21-12-27-22-19/h3-6,11-13,15H,7-10H2,1-2H3/t13-/m1/s1. The first-order chi connectivity index (χ1) is 13.1. The average Bonchev–Trinajstić information content (AvgIpc) is 3.35. The zero-order valence-electron chi connectivity index (χ0n) is 15.5. The number of aromatic nitrogens is 3. The van der Waals surface area contributed by atoms with E-state index in [0.29, 0.717) is 18.7 Å². The van der Waals surface area contributed by atoms with Crippen molar-refractivity contribution in [2.24, 2.45) is 0 Å². The van der Waals surface area contributed by atoms with E-state index in [0.717, 1.165) is 29.6 Å². The monoisotopic (exact) mass is 366 g/mol. The SMILES string of the molecule is CC(=O)c1cn([C@H](C)C(=O)N2CCC(c3ncon3)CC2)c2ccccc12. The third-order valence-electron chi connectivity index (χ3n) is 5.44. The number of benzene rings is 1. The second-order valence-corrected chi connectivity index (χ2v) is 7.09. The van der Waals surface area contributed by atoms with Gasteiger partial charge in [-0.15, -0.1) is 0 Å². The van der Waals surface area contributed by atoms with Crippen molar-refractivity contribution in [2.45, 2.75) is 38.6 Å². The lowest BCUT2D eigenvalue weighted by Gasteiger charge is -2.33. The predicted octanol–water partition coefficient (Wildman–Crippen LogP) is 3.19. The molecule has 1 saturated heterocycles. The van der Waals surface area contributed by atoms with Crippen molar-refractivity contribution in [1.82, 2.24) is 19.6 Å². The van der Waals surface area contributed by atoms with Crippen LogP contribution in [-0.2, 0) is 4.79 Å². The van der Waals surface area contributed by atoms with Crippen molar-refractivity contribution >= 4 is 22.6 Å². The maximum atomic E-state index is 13.1. The van der Waals surface area contributed by atoms with E-state index in [2.05, 4.69) is 10.1 Å². The molecule has 140 valence electrons. The fraction of sp³-hybridized carbons (Fsp3) is 0.400. The van der Waals surface area contributed by atoms with Crippen molar-refractivity contribution in [1.29, 1.82) is 0 Å². The van der Waals surface area contributed by atoms with Crippen LogP contribution in [0.1, 0.15) is 54.8 Å². The van der Waals surface area contributed by atoms with E-state index >= 15 is 0 Å². The Morgan fingerprint density at radius 2 is 1.96 bits per heavy atom. The highest BCUT2D eigenvalue weighted by Gasteiger charge is 2.30. The topological polar surface area (TPSA) is 81.2 Å². The highest BCUT2D eigenvalue weighted by atomic mass is 16.5. The van der Waals surface area contributed by atoms with Crippen LogP contribution in [0.25, 0.3) is 10.9 Å². The molecule has 1 atom stereocenters. The van der Waals surface area contributed by atoms with Gasteiger partial charge in [0, 0.05) is 41.7 Å². The third kappa shape index (κ3) is 3.13. The first-order valence-electron chi connectivity index (χ1n) is 9.22. The summed E-state index contributed by atoms with van der Waals surface area (Å²) in [7, 11) is 0. The Balaban J connectivity index is 1.53. The van der Waals surface area contributed by atoms with E-state index in [-0.39, 0.29) is 23.7 Å². The molecule has 4 rings (SSSR count). The Hall–Kier alpha value is -2.96. The number of nitrogens with zero attached hydrogens (tertiary/aromatic N) is 4. The lowest BCUT2D eigenvalue weighted by Crippen LogP contribution is -2.41. The molecule has 2 aromatic heterocycles. The molecule has 0 aliphatic carbocycles. The number of fused-ring (bicyclic) bond motifs is 1. The van der Waals surface area contributed by atoms with Gasteiger partial charge in [-0.2, -0.15) is 4.98 Å². The second kappa shape index (κ2) is 6.98. The van der Waals surface area contributed by atoms with Crippen LogP contribution in [0.4, 0.5) is 0 Å². The fourth-order valence-electron chi connectivity index (χ4n) is 3.91. The summed E-state index contributed by atoms with van der Waals surface area (Å²) < 4.78 is 6.74. The summed E-state index contributed by atoms with van der Waals surface area (Å²) >= 11 is 0. The number of para-hydroxylation sites is 1. The molecule has 1 amide bonds. The molecular weight excluding hydrogens is 344 g/mol. The van der Waals surface area contributed by atoms with Crippen LogP contribution in [0.5, 0.6) is 0 Å². The normalized spacial score (nSPS) is 16.6. The van der Waals surface area contributed by atoms with E-state index in [4.69, 9.17) is 4.52 Å². The summed E-state index contributed by atoms with van der Waals surface area (Å²) in [5.74, 6) is 1.03. The minimum Gasteiger partial charge on any atom is -0.343 e. The quantitative estimate of drug-likeness (QED) is 0.662. The van der Waals surface area contributed by atoms with Gasteiger partial charge in [-0.25, -0.2) is 0 Å². The average molecular weight is 366 g/mol. The van der Waals surface area contributed by atoms with Crippen LogP contribution < -0.4 is 0 Å². The maximum Gasteiger partial charge on any atom is 0.245 e. The highest BCUT2D eigenvalue weighted by molar-refractivity contribution is 6.07. The van der Waals surface area contributed by atoms with Crippen LogP contribution in [0.2, 0.25) is 0 Å². The molecule has 3 aromatic rings. The molecule has 1 fully saturated rings. The smallest absolute Gasteiger partial charge is 0.245 e. The molecule has 0 unspecified atom stereocenters. The number of hydrogen-bond donors (Lipinski definition) is 0. The van der Waals surface area contributed by atoms with Crippen LogP contribution in [-0.4, -0.2) is 44.4 Å². The Labute approximate surface area is 157 Å². The third-order valence-corrected chi connectivity index (χ3v) is 5.44. The Morgan fingerprint density at radius 1 is 1.22 bits per heavy atom. The lowest BCUT2D eigenvalue weighted by molar-refractivity contribution is -0.135. The molecule has 7 nitrogen and oxygen atoms in total. The fourth-order valence-corrected chi connectivity index (χ4v) is 3.91. The molecule has 7 heteroatoms. The van der Waals surface area contributed by atoms with Gasteiger partial charge >= 0.3 is 0 Å². The Bertz CT molecular complexity index is 968. The summed E-state index contributed by atoms with van der Waals surface area (Å²) in [5.41, 5.74) is 1.56. The molecule has 1 aliphatic heterocycles. The first kappa shape index (κ1) is 17.5. The van der Waals surface area contributed by atoms with Gasteiger partial charge in [-0.1, -0.05) is 23.4 Å². The minimum absolute atomic E-state index is 0.00512. The lowest BCUT2D eigenvalue weighted by atomic mass is 9.96. The number of rotatable bonds is 4. The highest BCUT2D eigenvalue weighted by Crippen LogP contribution is 2.29. The molecule has 0 saturated carbocycles. The maximum absolute atomic E-state index is 13.1. The molecular formula is C20H22N4O3. The number of amides is 1. The molecule has 1 aliphatic rings. The summed E-state index contributed by atoms with van der Waals surface area (Å²) in [6, 6.07) is 7.35. The number of Topliss-reactive ketones (excluding diaryl/α,β-unsaturated/α-hetero) is 1. The van der Waals surface area contributed by atoms with Crippen molar-refractivity contribution in [3.63, 3.8) is 0 Å². The van der Waals surface area contributed by atoms with Gasteiger partial charge in [0.05, 0.1) is 0 Å². The molecule has 0 bridgehead atoms. The van der Waals surface area contributed by atoms with Gasteiger partial charge in [0.25, 0.3) is 0 Å². The first-order valence-corrected chi connectivity index (χ1v) is 9.22. The van der Waals surface area contributed by atoms with Crippen LogP contribution in [0.15, 0.2) is 41.4 Å². The number of hydrogen-bond acceptors (Lipinski definition) is 5. The largest absolute Gasteiger partial charge is 0.343 e. The van der Waals surface area contributed by atoms with E-state index in [9.17, 15) is 9.59 Å². The number of carbonyl (C=O) groups excluding carboxylic acids is 2. The summed E-state index contributed by atoms with van der Waals surface area (Å²) in [6.07, 6.45) is 4.80. The Kier molecular flexibility index (Phi) is 4.51. The van der Waals surface area contributed by atoms with E-state index < -0.39 is 0 Å². The summed E-state index contributed by atoms with van der Waals surface area (Å²) in [6.45, 7) is 4.79. The number of ketones is 1. The van der Waals surface area contributed by atoms with Gasteiger partial charge in [-0.3, -0.25) is 9.59 Å². The zero-order valence-corrected chi connectivity index (χ0v) is 15.5. The molecule has 0 spiro atoms. The Morgan fingerprint density at radius 3 is 2.63 bits per heavy atom.